The van der Waals surface area contributed by atoms with Crippen LogP contribution < -0.4 is 31.3 Å². The molecule has 2 aromatic carbocycles. The largest absolute Gasteiger partial charge is 0.491 e. The number of aryl methyl sites for hydroxylation is 2. The fourth-order valence-corrected chi connectivity index (χ4v) is 5.87. The minimum Gasteiger partial charge on any atom is -0.491 e. The molecular formula is C38H51N7O7. The summed E-state index contributed by atoms with van der Waals surface area (Å²) in [7, 11) is 0. The number of ether oxygens (including phenoxy) is 1. The number of amides is 5. The van der Waals surface area contributed by atoms with Crippen molar-refractivity contribution in [3.63, 3.8) is 0 Å². The normalized spacial score (nSPS) is 22.7. The van der Waals surface area contributed by atoms with Crippen LogP contribution in [0.15, 0.2) is 60.8 Å². The van der Waals surface area contributed by atoms with Crippen LogP contribution in [0.5, 0.6) is 5.75 Å². The Bertz CT molecular complexity index is 1690. The summed E-state index contributed by atoms with van der Waals surface area (Å²) in [6.45, 7) is 10.8. The maximum absolute atomic E-state index is 13.7. The van der Waals surface area contributed by atoms with E-state index in [1.807, 2.05) is 37.3 Å². The predicted molar refractivity (Wildman–Crippen MR) is 194 cm³/mol. The fourth-order valence-electron chi connectivity index (χ4n) is 5.87. The Morgan fingerprint density at radius 2 is 1.58 bits per heavy atom. The third-order valence-corrected chi connectivity index (χ3v) is 8.81. The monoisotopic (exact) mass is 717 g/mol. The molecule has 0 fully saturated rings. The van der Waals surface area contributed by atoms with Crippen LogP contribution in [0.25, 0.3) is 0 Å². The standard InChI is InChI=1S/C38H51N7O7/c1-7-17-45-20-30(23(4)44-45)35(48)41-31-19-27-13-15-29(16-14-27)52-21-28(18-26-11-9-8-10-12-26)40-37(50)32(22(2)3)42-38(51)33(25(6)46)43-34(47)24(5)39-36(31)49/h8-16,20,22,24-25,28,31-33,46H,7,17-19,21H2,1-6H3,(H,39,49)(H,40,50)(H,41,48)(H,42,51)(H,43,47)/t24-,25-,28+,31+,32-,33+/m1/s1. The summed E-state index contributed by atoms with van der Waals surface area (Å²) in [5.41, 5.74) is 2.51. The Hall–Kier alpha value is -5.24. The molecular weight excluding hydrogens is 666 g/mol. The summed E-state index contributed by atoms with van der Waals surface area (Å²) in [5.74, 6) is -2.94. The Morgan fingerprint density at radius 3 is 2.21 bits per heavy atom. The lowest BCUT2D eigenvalue weighted by Crippen LogP contribution is -2.61. The number of aliphatic hydroxyl groups is 1. The molecule has 3 heterocycles. The highest BCUT2D eigenvalue weighted by molar-refractivity contribution is 5.99. The summed E-state index contributed by atoms with van der Waals surface area (Å²) in [5, 5.41) is 28.6. The number of rotatable bonds is 8. The topological polar surface area (TPSA) is 193 Å². The van der Waals surface area contributed by atoms with Crippen molar-refractivity contribution in [2.45, 2.75) is 104 Å². The van der Waals surface area contributed by atoms with Crippen molar-refractivity contribution in [1.29, 1.82) is 0 Å². The highest BCUT2D eigenvalue weighted by Gasteiger charge is 2.34. The van der Waals surface area contributed by atoms with Gasteiger partial charge in [-0.15, -0.1) is 0 Å². The van der Waals surface area contributed by atoms with Gasteiger partial charge in [-0.25, -0.2) is 0 Å². The summed E-state index contributed by atoms with van der Waals surface area (Å²) >= 11 is 0. The van der Waals surface area contributed by atoms with Crippen LogP contribution >= 0.6 is 0 Å². The molecule has 52 heavy (non-hydrogen) atoms. The Balaban J connectivity index is 1.66. The molecule has 2 aliphatic rings. The molecule has 14 nitrogen and oxygen atoms in total. The van der Waals surface area contributed by atoms with Gasteiger partial charge in [-0.3, -0.25) is 28.7 Å². The molecule has 0 aliphatic carbocycles. The molecule has 5 rings (SSSR count). The lowest BCUT2D eigenvalue weighted by molar-refractivity contribution is -0.136. The average molecular weight is 718 g/mol. The van der Waals surface area contributed by atoms with E-state index in [4.69, 9.17) is 4.74 Å². The van der Waals surface area contributed by atoms with Gasteiger partial charge in [0.2, 0.25) is 23.6 Å². The first kappa shape index (κ1) is 39.5. The maximum atomic E-state index is 13.7. The van der Waals surface area contributed by atoms with Gasteiger partial charge in [0, 0.05) is 19.2 Å². The smallest absolute Gasteiger partial charge is 0.255 e. The highest BCUT2D eigenvalue weighted by atomic mass is 16.5. The van der Waals surface area contributed by atoms with E-state index >= 15 is 0 Å². The van der Waals surface area contributed by atoms with Gasteiger partial charge in [0.15, 0.2) is 0 Å². The van der Waals surface area contributed by atoms with Crippen molar-refractivity contribution < 1.29 is 33.8 Å². The van der Waals surface area contributed by atoms with Gasteiger partial charge in [0.1, 0.15) is 36.5 Å². The van der Waals surface area contributed by atoms with Crippen LogP contribution in [0.2, 0.25) is 0 Å². The second-order valence-corrected chi connectivity index (χ2v) is 13.7. The van der Waals surface area contributed by atoms with Gasteiger partial charge in [-0.1, -0.05) is 63.2 Å². The zero-order valence-corrected chi connectivity index (χ0v) is 30.6. The first-order valence-corrected chi connectivity index (χ1v) is 17.8. The van der Waals surface area contributed by atoms with Gasteiger partial charge in [-0.2, -0.15) is 5.10 Å². The minimum absolute atomic E-state index is 0.0797. The molecule has 3 aromatic rings. The van der Waals surface area contributed by atoms with Gasteiger partial charge in [-0.05, 0) is 62.8 Å². The van der Waals surface area contributed by atoms with Crippen molar-refractivity contribution in [2.75, 3.05) is 6.61 Å². The maximum Gasteiger partial charge on any atom is 0.255 e. The van der Waals surface area contributed by atoms with Gasteiger partial charge in [0.25, 0.3) is 5.91 Å². The zero-order valence-electron chi connectivity index (χ0n) is 30.6. The quantitative estimate of drug-likeness (QED) is 0.189. The summed E-state index contributed by atoms with van der Waals surface area (Å²) in [6.07, 6.45) is 1.65. The lowest BCUT2D eigenvalue weighted by atomic mass is 10.0. The van der Waals surface area contributed by atoms with Crippen LogP contribution in [0.4, 0.5) is 0 Å². The van der Waals surface area contributed by atoms with Crippen LogP contribution in [-0.2, 0) is 38.6 Å². The van der Waals surface area contributed by atoms with Gasteiger partial charge >= 0.3 is 0 Å². The molecule has 2 bridgehead atoms. The van der Waals surface area contributed by atoms with Crippen LogP contribution in [0.3, 0.4) is 0 Å². The van der Waals surface area contributed by atoms with Crippen molar-refractivity contribution in [3.05, 3.63) is 83.2 Å². The molecule has 6 N–H and O–H groups in total. The molecule has 5 amide bonds. The van der Waals surface area contributed by atoms with E-state index in [0.29, 0.717) is 35.5 Å². The molecule has 0 radical (unpaired) electrons. The van der Waals surface area contributed by atoms with E-state index in [9.17, 15) is 29.1 Å². The first-order chi connectivity index (χ1) is 24.7. The van der Waals surface area contributed by atoms with E-state index in [1.165, 1.54) is 13.8 Å². The molecule has 280 valence electrons. The Kier molecular flexibility index (Phi) is 13.9. The zero-order chi connectivity index (χ0) is 37.9. The van der Waals surface area contributed by atoms with Crippen LogP contribution in [0, 0.1) is 12.8 Å². The minimum atomic E-state index is -1.44. The average Bonchev–Trinajstić information content (AvgIpc) is 3.48. The number of carbonyl (C=O) groups is 5. The molecule has 0 spiro atoms. The van der Waals surface area contributed by atoms with Crippen LogP contribution in [0.1, 0.15) is 68.2 Å². The van der Waals surface area contributed by atoms with Crippen molar-refractivity contribution in [2.24, 2.45) is 5.92 Å². The number of hydrogen-bond donors (Lipinski definition) is 6. The molecule has 2 aliphatic heterocycles. The summed E-state index contributed by atoms with van der Waals surface area (Å²) in [6, 6.07) is 11.5. The van der Waals surface area contributed by atoms with E-state index in [0.717, 1.165) is 12.0 Å². The molecule has 1 aromatic heterocycles. The number of fused-ring (bicyclic) bond motifs is 17. The van der Waals surface area contributed by atoms with Crippen LogP contribution in [-0.4, -0.2) is 87.3 Å². The Morgan fingerprint density at radius 1 is 0.923 bits per heavy atom. The number of aromatic nitrogens is 2. The number of nitrogens with zero attached hydrogens (tertiary/aromatic N) is 2. The van der Waals surface area contributed by atoms with E-state index in [2.05, 4.69) is 31.7 Å². The number of aliphatic hydroxyl groups excluding tert-OH is 1. The number of nitrogens with one attached hydrogen (secondary N) is 5. The third kappa shape index (κ3) is 10.9. The molecule has 0 saturated carbocycles. The predicted octanol–water partition coefficient (Wildman–Crippen LogP) is 1.57. The molecule has 6 atom stereocenters. The summed E-state index contributed by atoms with van der Waals surface area (Å²) < 4.78 is 7.81. The fraction of sp³-hybridized carbons (Fsp3) is 0.474. The number of carbonyl (C=O) groups excluding carboxylic acids is 5. The number of hydrogen-bond acceptors (Lipinski definition) is 8. The SMILES string of the molecule is CCCn1cc(C(=O)N[C@H]2Cc3ccc(cc3)OC[C@H](Cc3ccccc3)NC(=O)[C@@H](C(C)C)NC(=O)[C@H]([C@@H](C)O)NC(=O)[C@@H](C)NC2=O)c(C)n1. The summed E-state index contributed by atoms with van der Waals surface area (Å²) in [4.78, 5) is 67.7. The highest BCUT2D eigenvalue weighted by Crippen LogP contribution is 2.16. The second kappa shape index (κ2) is 18.3. The van der Waals surface area contributed by atoms with E-state index < -0.39 is 65.8 Å². The molecule has 0 unspecified atom stereocenters. The van der Waals surface area contributed by atoms with E-state index in [1.54, 1.807) is 55.9 Å². The van der Waals surface area contributed by atoms with E-state index in [-0.39, 0.29) is 18.9 Å². The molecule has 14 heteroatoms. The second-order valence-electron chi connectivity index (χ2n) is 13.7. The van der Waals surface area contributed by atoms with Gasteiger partial charge in [0.05, 0.1) is 23.4 Å². The molecule has 0 saturated heterocycles. The Labute approximate surface area is 304 Å². The lowest BCUT2D eigenvalue weighted by Gasteiger charge is -2.29. The third-order valence-electron chi connectivity index (χ3n) is 8.81. The van der Waals surface area contributed by atoms with Crippen molar-refractivity contribution in [3.8, 4) is 5.75 Å². The van der Waals surface area contributed by atoms with Gasteiger partial charge < -0.3 is 36.4 Å². The van der Waals surface area contributed by atoms with Crippen molar-refractivity contribution in [1.82, 2.24) is 36.4 Å². The van der Waals surface area contributed by atoms with Crippen molar-refractivity contribution >= 4 is 29.5 Å². The number of benzene rings is 2. The first-order valence-electron chi connectivity index (χ1n) is 17.8.